The Morgan fingerprint density at radius 2 is 1.69 bits per heavy atom. The van der Waals surface area contributed by atoms with Gasteiger partial charge in [0.2, 0.25) is 0 Å². The highest BCUT2D eigenvalue weighted by molar-refractivity contribution is 6.09. The molecule has 0 aliphatic rings. The summed E-state index contributed by atoms with van der Waals surface area (Å²) in [5, 5.41) is 15.8. The molecule has 2 aromatic carbocycles. The van der Waals surface area contributed by atoms with Crippen LogP contribution in [0.5, 0.6) is 17.2 Å². The molecule has 1 amide bonds. The van der Waals surface area contributed by atoms with Gasteiger partial charge in [0.25, 0.3) is 5.91 Å². The third kappa shape index (κ3) is 5.37. The molecule has 3 rings (SSSR count). The highest BCUT2D eigenvalue weighted by Crippen LogP contribution is 2.29. The van der Waals surface area contributed by atoms with Gasteiger partial charge in [-0.3, -0.25) is 9.48 Å². The van der Waals surface area contributed by atoms with Crippen molar-refractivity contribution in [3.8, 4) is 17.2 Å². The zero-order chi connectivity index (χ0) is 23.1. The Hall–Kier alpha value is -4.01. The zero-order valence-electron chi connectivity index (χ0n) is 18.1. The van der Waals surface area contributed by atoms with Gasteiger partial charge in [-0.15, -0.1) is 0 Å². The fourth-order valence-electron chi connectivity index (χ4n) is 3.04. The molecule has 1 aromatic heterocycles. The minimum atomic E-state index is -1.22. The van der Waals surface area contributed by atoms with Crippen LogP contribution in [0.3, 0.4) is 0 Å². The summed E-state index contributed by atoms with van der Waals surface area (Å²) in [5.74, 6) is 0.202. The average molecular weight is 439 g/mol. The van der Waals surface area contributed by atoms with E-state index in [1.165, 1.54) is 13.2 Å². The maximum atomic E-state index is 12.4. The van der Waals surface area contributed by atoms with Crippen LogP contribution in [0.1, 0.15) is 40.3 Å². The number of benzene rings is 2. The summed E-state index contributed by atoms with van der Waals surface area (Å²) in [6.45, 7) is 5.24. The second kappa shape index (κ2) is 10.3. The number of amides is 1. The lowest BCUT2D eigenvalue weighted by Crippen LogP contribution is -2.17. The second-order valence-electron chi connectivity index (χ2n) is 6.75. The van der Waals surface area contributed by atoms with Gasteiger partial charge >= 0.3 is 5.97 Å². The van der Waals surface area contributed by atoms with Crippen molar-refractivity contribution >= 4 is 17.6 Å². The van der Waals surface area contributed by atoms with Gasteiger partial charge in [-0.2, -0.15) is 5.10 Å². The van der Waals surface area contributed by atoms with Crippen molar-refractivity contribution in [3.05, 3.63) is 65.5 Å². The van der Waals surface area contributed by atoms with Gasteiger partial charge in [-0.05, 0) is 55.8 Å². The van der Waals surface area contributed by atoms with Crippen LogP contribution in [0.25, 0.3) is 0 Å². The predicted molar refractivity (Wildman–Crippen MR) is 118 cm³/mol. The SMILES string of the molecule is CCOc1ccc(COc2ccc(NC(=O)c3cnn(C)c3C(=O)O)cc2)cc1OCC. The number of carbonyl (C=O) groups excluding carboxylic acids is 1. The number of rotatable bonds is 10. The normalized spacial score (nSPS) is 10.5. The summed E-state index contributed by atoms with van der Waals surface area (Å²) < 4.78 is 18.2. The van der Waals surface area contributed by atoms with Crippen molar-refractivity contribution in [2.24, 2.45) is 7.05 Å². The molecule has 32 heavy (non-hydrogen) atoms. The topological polar surface area (TPSA) is 112 Å². The van der Waals surface area contributed by atoms with Crippen molar-refractivity contribution in [1.29, 1.82) is 0 Å². The molecule has 0 bridgehead atoms. The molecule has 168 valence electrons. The Kier molecular flexibility index (Phi) is 7.33. The highest BCUT2D eigenvalue weighted by Gasteiger charge is 2.21. The minimum Gasteiger partial charge on any atom is -0.490 e. The number of aromatic nitrogens is 2. The molecule has 0 radical (unpaired) electrons. The molecule has 0 spiro atoms. The van der Waals surface area contributed by atoms with Crippen molar-refractivity contribution in [3.63, 3.8) is 0 Å². The Balaban J connectivity index is 1.62. The first-order valence-corrected chi connectivity index (χ1v) is 10.1. The summed E-state index contributed by atoms with van der Waals surface area (Å²) in [5.41, 5.74) is 1.24. The first kappa shape index (κ1) is 22.7. The van der Waals surface area contributed by atoms with E-state index in [1.807, 2.05) is 32.0 Å². The van der Waals surface area contributed by atoms with Crippen LogP contribution in [0, 0.1) is 0 Å². The van der Waals surface area contributed by atoms with Gasteiger partial charge < -0.3 is 24.6 Å². The predicted octanol–water partition coefficient (Wildman–Crippen LogP) is 3.75. The lowest BCUT2D eigenvalue weighted by atomic mass is 10.2. The van der Waals surface area contributed by atoms with Gasteiger partial charge in [0.1, 0.15) is 12.4 Å². The highest BCUT2D eigenvalue weighted by atomic mass is 16.5. The Labute approximate surface area is 185 Å². The monoisotopic (exact) mass is 439 g/mol. The first-order valence-electron chi connectivity index (χ1n) is 10.1. The Bertz CT molecular complexity index is 1090. The Morgan fingerprint density at radius 3 is 2.34 bits per heavy atom. The zero-order valence-corrected chi connectivity index (χ0v) is 18.1. The summed E-state index contributed by atoms with van der Waals surface area (Å²) in [6.07, 6.45) is 1.23. The number of carboxylic acid groups (broad SMARTS) is 1. The molecular weight excluding hydrogens is 414 g/mol. The number of aromatic carboxylic acids is 1. The fourth-order valence-corrected chi connectivity index (χ4v) is 3.04. The molecule has 0 fully saturated rings. The maximum Gasteiger partial charge on any atom is 0.354 e. The number of ether oxygens (including phenoxy) is 3. The molecule has 9 heteroatoms. The van der Waals surface area contributed by atoms with E-state index < -0.39 is 11.9 Å². The number of carbonyl (C=O) groups is 2. The first-order chi connectivity index (χ1) is 15.4. The quantitative estimate of drug-likeness (QED) is 0.495. The molecule has 1 heterocycles. The molecular formula is C23H25N3O6. The molecule has 0 atom stereocenters. The molecule has 0 unspecified atom stereocenters. The van der Waals surface area contributed by atoms with Crippen molar-refractivity contribution in [2.75, 3.05) is 18.5 Å². The molecule has 3 aromatic rings. The second-order valence-corrected chi connectivity index (χ2v) is 6.75. The average Bonchev–Trinajstić information content (AvgIpc) is 3.17. The van der Waals surface area contributed by atoms with Crippen LogP contribution in [0.2, 0.25) is 0 Å². The van der Waals surface area contributed by atoms with Crippen LogP contribution >= 0.6 is 0 Å². The van der Waals surface area contributed by atoms with E-state index in [4.69, 9.17) is 14.2 Å². The summed E-state index contributed by atoms with van der Waals surface area (Å²) >= 11 is 0. The summed E-state index contributed by atoms with van der Waals surface area (Å²) in [6, 6.07) is 12.4. The van der Waals surface area contributed by atoms with Crippen LogP contribution < -0.4 is 19.5 Å². The van der Waals surface area contributed by atoms with Gasteiger partial charge in [0.15, 0.2) is 17.2 Å². The third-order valence-electron chi connectivity index (χ3n) is 4.51. The molecule has 0 aliphatic heterocycles. The van der Waals surface area contributed by atoms with E-state index in [2.05, 4.69) is 10.4 Å². The number of anilines is 1. The van der Waals surface area contributed by atoms with E-state index in [0.717, 1.165) is 10.2 Å². The van der Waals surface area contributed by atoms with Gasteiger partial charge in [-0.25, -0.2) is 4.79 Å². The Morgan fingerprint density at radius 1 is 1.00 bits per heavy atom. The standard InChI is InChI=1S/C23H25N3O6/c1-4-30-19-11-6-15(12-20(19)31-5-2)14-32-17-9-7-16(8-10-17)25-22(27)18-13-24-26(3)21(18)23(28)29/h6-13H,4-5,14H2,1-3H3,(H,25,27)(H,28,29). The number of carboxylic acids is 1. The lowest BCUT2D eigenvalue weighted by molar-refractivity contribution is 0.0680. The van der Waals surface area contributed by atoms with Crippen LogP contribution in [-0.2, 0) is 13.7 Å². The van der Waals surface area contributed by atoms with E-state index >= 15 is 0 Å². The third-order valence-corrected chi connectivity index (χ3v) is 4.51. The van der Waals surface area contributed by atoms with Gasteiger partial charge in [-0.1, -0.05) is 6.07 Å². The van der Waals surface area contributed by atoms with Crippen LogP contribution in [-0.4, -0.2) is 40.0 Å². The number of nitrogens with one attached hydrogen (secondary N) is 1. The lowest BCUT2D eigenvalue weighted by Gasteiger charge is -2.13. The van der Waals surface area contributed by atoms with E-state index in [9.17, 15) is 14.7 Å². The molecule has 2 N–H and O–H groups in total. The van der Waals surface area contributed by atoms with E-state index in [0.29, 0.717) is 42.8 Å². The maximum absolute atomic E-state index is 12.4. The molecule has 0 aliphatic carbocycles. The largest absolute Gasteiger partial charge is 0.490 e. The van der Waals surface area contributed by atoms with Crippen molar-refractivity contribution in [1.82, 2.24) is 9.78 Å². The summed E-state index contributed by atoms with van der Waals surface area (Å²) in [4.78, 5) is 23.8. The van der Waals surface area contributed by atoms with E-state index in [1.54, 1.807) is 24.3 Å². The van der Waals surface area contributed by atoms with Gasteiger partial charge in [0.05, 0.1) is 25.0 Å². The van der Waals surface area contributed by atoms with Crippen molar-refractivity contribution in [2.45, 2.75) is 20.5 Å². The number of aryl methyl sites for hydroxylation is 1. The van der Waals surface area contributed by atoms with Crippen LogP contribution in [0.4, 0.5) is 5.69 Å². The minimum absolute atomic E-state index is 0.0130. The van der Waals surface area contributed by atoms with Gasteiger partial charge in [0, 0.05) is 12.7 Å². The number of hydrogen-bond acceptors (Lipinski definition) is 6. The molecule has 9 nitrogen and oxygen atoms in total. The van der Waals surface area contributed by atoms with Crippen molar-refractivity contribution < 1.29 is 28.9 Å². The molecule has 0 saturated heterocycles. The summed E-state index contributed by atoms with van der Waals surface area (Å²) in [7, 11) is 1.47. The van der Waals surface area contributed by atoms with Crippen LogP contribution in [0.15, 0.2) is 48.7 Å². The number of hydrogen-bond donors (Lipinski definition) is 2. The molecule has 0 saturated carbocycles. The fraction of sp³-hybridized carbons (Fsp3) is 0.261. The smallest absolute Gasteiger partial charge is 0.354 e. The number of nitrogens with zero attached hydrogens (tertiary/aromatic N) is 2. The van der Waals surface area contributed by atoms with E-state index in [-0.39, 0.29) is 11.3 Å².